The Morgan fingerprint density at radius 3 is 2.73 bits per heavy atom. The first-order chi connectivity index (χ1) is 10.7. The van der Waals surface area contributed by atoms with Crippen molar-refractivity contribution < 1.29 is 4.74 Å². The van der Waals surface area contributed by atoms with Gasteiger partial charge in [-0.3, -0.25) is 0 Å². The van der Waals surface area contributed by atoms with Crippen LogP contribution in [0.15, 0.2) is 30.3 Å². The lowest BCUT2D eigenvalue weighted by atomic mass is 9.76. The summed E-state index contributed by atoms with van der Waals surface area (Å²) in [6, 6.07) is 10.5. The summed E-state index contributed by atoms with van der Waals surface area (Å²) < 4.78 is 5.88. The third-order valence-corrected chi connectivity index (χ3v) is 9.43. The van der Waals surface area contributed by atoms with Crippen molar-refractivity contribution in [2.24, 2.45) is 17.8 Å². The highest BCUT2D eigenvalue weighted by atomic mass is 31.1. The molecule has 1 aromatic rings. The summed E-state index contributed by atoms with van der Waals surface area (Å²) >= 11 is 0. The number of hydrogen-bond acceptors (Lipinski definition) is 1. The number of ether oxygens (including phenoxy) is 1. The first-order valence-corrected chi connectivity index (χ1v) is 10.9. The predicted octanol–water partition coefficient (Wildman–Crippen LogP) is 5.53. The molecule has 2 unspecified atom stereocenters. The summed E-state index contributed by atoms with van der Waals surface area (Å²) in [5.74, 6) is 3.02. The maximum atomic E-state index is 5.88. The third kappa shape index (κ3) is 4.12. The third-order valence-electron chi connectivity index (χ3n) is 5.84. The molecule has 2 heteroatoms. The normalized spacial score (nSPS) is 34.5. The minimum Gasteiger partial charge on any atom is -0.377 e. The van der Waals surface area contributed by atoms with Crippen LogP contribution in [0.1, 0.15) is 45.1 Å². The van der Waals surface area contributed by atoms with E-state index in [1.54, 1.807) is 6.42 Å². The van der Waals surface area contributed by atoms with Crippen molar-refractivity contribution >= 4 is 7.92 Å². The van der Waals surface area contributed by atoms with Gasteiger partial charge in [-0.2, -0.15) is 0 Å². The molecule has 1 nitrogen and oxygen atoms in total. The molecule has 2 aliphatic rings. The summed E-state index contributed by atoms with van der Waals surface area (Å²) in [6.45, 7) is 6.74. The molecule has 22 heavy (non-hydrogen) atoms. The van der Waals surface area contributed by atoms with Gasteiger partial charge in [0.15, 0.2) is 0 Å². The van der Waals surface area contributed by atoms with Gasteiger partial charge in [-0.25, -0.2) is 0 Å². The molecule has 1 aromatic carbocycles. The fourth-order valence-corrected chi connectivity index (χ4v) is 8.20. The lowest BCUT2D eigenvalue weighted by Gasteiger charge is -2.47. The summed E-state index contributed by atoms with van der Waals surface area (Å²) in [6.07, 6.45) is 8.77. The minimum absolute atomic E-state index is 0.260. The van der Waals surface area contributed by atoms with Crippen molar-refractivity contribution in [3.8, 4) is 0 Å². The van der Waals surface area contributed by atoms with Crippen molar-refractivity contribution in [2.75, 3.05) is 18.9 Å². The zero-order valence-electron chi connectivity index (χ0n) is 14.2. The van der Waals surface area contributed by atoms with Gasteiger partial charge in [-0.15, -0.1) is 7.92 Å². The Bertz CT molecular complexity index is 446. The molecule has 122 valence electrons. The van der Waals surface area contributed by atoms with E-state index in [2.05, 4.69) is 44.2 Å². The molecule has 1 aliphatic heterocycles. The van der Waals surface area contributed by atoms with Crippen LogP contribution in [-0.2, 0) is 11.3 Å². The lowest BCUT2D eigenvalue weighted by Crippen LogP contribution is -2.37. The second kappa shape index (κ2) is 7.93. The van der Waals surface area contributed by atoms with Crippen molar-refractivity contribution in [1.29, 1.82) is 0 Å². The van der Waals surface area contributed by atoms with Crippen LogP contribution < -0.4 is 0 Å². The summed E-state index contributed by atoms with van der Waals surface area (Å²) in [5, 5.41) is 0. The fourth-order valence-electron chi connectivity index (χ4n) is 4.40. The number of fused-ring (bicyclic) bond motifs is 2. The Kier molecular flexibility index (Phi) is 5.94. The van der Waals surface area contributed by atoms with Gasteiger partial charge in [0.1, 0.15) is 0 Å². The van der Waals surface area contributed by atoms with Crippen molar-refractivity contribution in [3.05, 3.63) is 35.9 Å². The Morgan fingerprint density at radius 1 is 1.09 bits per heavy atom. The largest absolute Gasteiger partial charge is 0.377 e. The van der Waals surface area contributed by atoms with E-state index in [0.717, 1.165) is 36.6 Å². The molecule has 0 amide bonds. The molecule has 0 N–H and O–H groups in total. The van der Waals surface area contributed by atoms with E-state index in [1.807, 2.05) is 0 Å². The van der Waals surface area contributed by atoms with Gasteiger partial charge >= 0.3 is 0 Å². The van der Waals surface area contributed by atoms with Gasteiger partial charge in [-0.1, -0.05) is 44.2 Å². The minimum atomic E-state index is 0.260. The summed E-state index contributed by atoms with van der Waals surface area (Å²) in [5.41, 5.74) is 2.36. The Balaban J connectivity index is 1.39. The molecule has 0 radical (unpaired) electrons. The zero-order chi connectivity index (χ0) is 15.4. The van der Waals surface area contributed by atoms with Gasteiger partial charge in [0, 0.05) is 6.61 Å². The zero-order valence-corrected chi connectivity index (χ0v) is 15.1. The Morgan fingerprint density at radius 2 is 1.91 bits per heavy atom. The van der Waals surface area contributed by atoms with E-state index in [1.165, 1.54) is 37.1 Å². The van der Waals surface area contributed by atoms with Crippen LogP contribution in [0.3, 0.4) is 0 Å². The first kappa shape index (κ1) is 16.5. The highest BCUT2D eigenvalue weighted by Gasteiger charge is 2.40. The summed E-state index contributed by atoms with van der Waals surface area (Å²) in [7, 11) is 0.260. The van der Waals surface area contributed by atoms with Crippen LogP contribution in [-0.4, -0.2) is 24.6 Å². The Hall–Kier alpha value is -0.390. The van der Waals surface area contributed by atoms with Crippen LogP contribution in [0, 0.1) is 17.8 Å². The van der Waals surface area contributed by atoms with E-state index >= 15 is 0 Å². The monoisotopic (exact) mass is 318 g/mol. The fraction of sp³-hybridized carbons (Fsp3) is 0.700. The maximum absolute atomic E-state index is 5.88. The molecular formula is C20H31OP. The van der Waals surface area contributed by atoms with Crippen LogP contribution in [0.25, 0.3) is 0 Å². The number of benzene rings is 1. The maximum Gasteiger partial charge on any atom is 0.0716 e. The highest BCUT2D eigenvalue weighted by molar-refractivity contribution is 7.58. The van der Waals surface area contributed by atoms with Crippen LogP contribution in [0.4, 0.5) is 0 Å². The lowest BCUT2D eigenvalue weighted by molar-refractivity contribution is 0.122. The van der Waals surface area contributed by atoms with Crippen molar-refractivity contribution in [1.82, 2.24) is 0 Å². The number of rotatable bonds is 6. The molecule has 2 bridgehead atoms. The van der Waals surface area contributed by atoms with Gasteiger partial charge < -0.3 is 4.74 Å². The topological polar surface area (TPSA) is 9.23 Å². The second-order valence-corrected chi connectivity index (χ2v) is 10.1. The molecule has 0 spiro atoms. The molecule has 1 aliphatic carbocycles. The average Bonchev–Trinajstić information content (AvgIpc) is 2.54. The molecule has 2 fully saturated rings. The average molecular weight is 318 g/mol. The van der Waals surface area contributed by atoms with Gasteiger partial charge in [0.25, 0.3) is 0 Å². The van der Waals surface area contributed by atoms with E-state index in [9.17, 15) is 0 Å². The van der Waals surface area contributed by atoms with Crippen LogP contribution in [0.5, 0.6) is 0 Å². The Labute approximate surface area is 137 Å². The first-order valence-electron chi connectivity index (χ1n) is 9.09. The van der Waals surface area contributed by atoms with E-state index in [4.69, 9.17) is 4.74 Å². The van der Waals surface area contributed by atoms with Gasteiger partial charge in [-0.05, 0) is 67.0 Å². The quantitative estimate of drug-likeness (QED) is 0.495. The smallest absolute Gasteiger partial charge is 0.0716 e. The van der Waals surface area contributed by atoms with Crippen molar-refractivity contribution in [2.45, 2.75) is 51.8 Å². The number of hydrogen-bond donors (Lipinski definition) is 0. The second-order valence-electron chi connectivity index (χ2n) is 7.48. The van der Waals surface area contributed by atoms with E-state index in [-0.39, 0.29) is 7.92 Å². The van der Waals surface area contributed by atoms with E-state index < -0.39 is 0 Å². The van der Waals surface area contributed by atoms with Crippen LogP contribution >= 0.6 is 7.92 Å². The molecule has 0 aromatic heterocycles. The highest BCUT2D eigenvalue weighted by Crippen LogP contribution is 2.58. The van der Waals surface area contributed by atoms with Gasteiger partial charge in [0.05, 0.1) is 6.61 Å². The van der Waals surface area contributed by atoms with Gasteiger partial charge in [0.2, 0.25) is 0 Å². The summed E-state index contributed by atoms with van der Waals surface area (Å²) in [4.78, 5) is 0. The molecule has 1 saturated heterocycles. The molecule has 1 heterocycles. The van der Waals surface area contributed by atoms with Crippen LogP contribution in [0.2, 0.25) is 0 Å². The molecule has 5 atom stereocenters. The predicted molar refractivity (Wildman–Crippen MR) is 96.8 cm³/mol. The SMILES string of the molecule is CC1CP(CCCOCc2ccccc2)[C@H]2C[C@@H]1CC[C@@H]2C. The van der Waals surface area contributed by atoms with E-state index in [0.29, 0.717) is 0 Å². The standard InChI is InChI=1S/C20H31OP/c1-16-9-10-19-13-20(16)22(15-17(19)2)12-6-11-21-14-18-7-4-3-5-8-18/h3-5,7-8,16-17,19-20H,6,9-15H2,1-2H3/t16-,17?,19-,20-,22?/m0/s1. The molecular weight excluding hydrogens is 287 g/mol. The van der Waals surface area contributed by atoms with Crippen molar-refractivity contribution in [3.63, 3.8) is 0 Å². The molecule has 3 rings (SSSR count). The molecule has 1 saturated carbocycles.